The Morgan fingerprint density at radius 1 is 0.967 bits per heavy atom. The number of hydrazone groups is 1. The molecule has 4 aromatic rings. The van der Waals surface area contributed by atoms with Gasteiger partial charge in [0.05, 0.1) is 6.21 Å². The zero-order valence-corrected chi connectivity index (χ0v) is 17.5. The number of ether oxygens (including phenoxy) is 1. The smallest absolute Gasteiger partial charge is 0.277 e. The number of aryl methyl sites for hydroxylation is 2. The third kappa shape index (κ3) is 4.14. The molecule has 0 aliphatic carbocycles. The fourth-order valence-corrected chi connectivity index (χ4v) is 3.64. The normalized spacial score (nSPS) is 11.3. The number of amides is 1. The molecule has 150 valence electrons. The number of halogens is 1. The van der Waals surface area contributed by atoms with Crippen LogP contribution in [0.15, 0.2) is 71.8 Å². The predicted octanol–water partition coefficient (Wildman–Crippen LogP) is 5.79. The maximum Gasteiger partial charge on any atom is 0.277 e. The van der Waals surface area contributed by atoms with Gasteiger partial charge >= 0.3 is 0 Å². The van der Waals surface area contributed by atoms with Gasteiger partial charge in [0.2, 0.25) is 0 Å². The van der Waals surface area contributed by atoms with Gasteiger partial charge in [-0.1, -0.05) is 60.1 Å². The van der Waals surface area contributed by atoms with Crippen molar-refractivity contribution in [1.82, 2.24) is 5.43 Å². The second-order valence-electron chi connectivity index (χ2n) is 7.19. The molecule has 4 nitrogen and oxygen atoms in total. The van der Waals surface area contributed by atoms with E-state index in [0.717, 1.165) is 38.2 Å². The Kier molecular flexibility index (Phi) is 5.68. The number of carbonyl (C=O) groups excluding carboxylic acids is 1. The van der Waals surface area contributed by atoms with Crippen molar-refractivity contribution in [3.63, 3.8) is 0 Å². The lowest BCUT2D eigenvalue weighted by atomic mass is 9.97. The van der Waals surface area contributed by atoms with Gasteiger partial charge in [-0.2, -0.15) is 5.10 Å². The zero-order chi connectivity index (χ0) is 21.1. The Morgan fingerprint density at radius 3 is 2.13 bits per heavy atom. The maximum atomic E-state index is 12.2. The Morgan fingerprint density at radius 2 is 1.53 bits per heavy atom. The molecule has 0 aliphatic rings. The molecule has 0 atom stereocenters. The molecule has 0 saturated heterocycles. The van der Waals surface area contributed by atoms with Crippen LogP contribution in [0.5, 0.6) is 5.75 Å². The minimum atomic E-state index is -0.332. The van der Waals surface area contributed by atoms with Gasteiger partial charge in [-0.05, 0) is 64.7 Å². The Bertz CT molecular complexity index is 1200. The molecule has 0 radical (unpaired) electrons. The average Bonchev–Trinajstić information content (AvgIpc) is 2.75. The van der Waals surface area contributed by atoms with E-state index in [0.29, 0.717) is 10.8 Å². The van der Waals surface area contributed by atoms with Crippen LogP contribution in [0.1, 0.15) is 16.7 Å². The summed E-state index contributed by atoms with van der Waals surface area (Å²) in [6, 6.07) is 22.1. The van der Waals surface area contributed by atoms with Crippen LogP contribution in [0.2, 0.25) is 5.02 Å². The highest BCUT2D eigenvalue weighted by Gasteiger charge is 2.08. The third-order valence-corrected chi connectivity index (χ3v) is 5.57. The lowest BCUT2D eigenvalue weighted by molar-refractivity contribution is -0.123. The van der Waals surface area contributed by atoms with Crippen LogP contribution in [0, 0.1) is 13.8 Å². The summed E-state index contributed by atoms with van der Waals surface area (Å²) >= 11 is 6.17. The van der Waals surface area contributed by atoms with Crippen molar-refractivity contribution in [1.29, 1.82) is 0 Å². The fourth-order valence-electron chi connectivity index (χ4n) is 3.53. The molecule has 0 bridgehead atoms. The van der Waals surface area contributed by atoms with Crippen LogP contribution < -0.4 is 10.2 Å². The molecule has 1 N–H and O–H groups in total. The summed E-state index contributed by atoms with van der Waals surface area (Å²) in [6.45, 7) is 3.68. The molecule has 0 saturated carbocycles. The van der Waals surface area contributed by atoms with Crippen molar-refractivity contribution in [2.45, 2.75) is 13.8 Å². The lowest BCUT2D eigenvalue weighted by Crippen LogP contribution is -2.24. The Labute approximate surface area is 180 Å². The van der Waals surface area contributed by atoms with Crippen molar-refractivity contribution < 1.29 is 9.53 Å². The summed E-state index contributed by atoms with van der Waals surface area (Å²) in [5.41, 5.74) is 5.34. The molecule has 4 aromatic carbocycles. The summed E-state index contributed by atoms with van der Waals surface area (Å²) in [7, 11) is 0. The summed E-state index contributed by atoms with van der Waals surface area (Å²) in [6.07, 6.45) is 1.69. The monoisotopic (exact) mass is 416 g/mol. The second kappa shape index (κ2) is 8.56. The summed E-state index contributed by atoms with van der Waals surface area (Å²) in [5.74, 6) is 0.273. The minimum Gasteiger partial charge on any atom is -0.484 e. The third-order valence-electron chi connectivity index (χ3n) is 4.98. The van der Waals surface area contributed by atoms with Gasteiger partial charge in [0.25, 0.3) is 5.91 Å². The number of nitrogens with one attached hydrogen (secondary N) is 1. The van der Waals surface area contributed by atoms with E-state index in [9.17, 15) is 4.79 Å². The van der Waals surface area contributed by atoms with Gasteiger partial charge in [0, 0.05) is 10.6 Å². The molecule has 0 spiro atoms. The number of nitrogens with zero attached hydrogens (tertiary/aromatic N) is 1. The van der Waals surface area contributed by atoms with Crippen LogP contribution in [0.25, 0.3) is 21.5 Å². The first-order valence-corrected chi connectivity index (χ1v) is 10.0. The largest absolute Gasteiger partial charge is 0.484 e. The van der Waals surface area contributed by atoms with E-state index in [1.54, 1.807) is 6.21 Å². The number of hydrogen-bond acceptors (Lipinski definition) is 3. The first-order valence-electron chi connectivity index (χ1n) is 9.65. The van der Waals surface area contributed by atoms with E-state index in [1.165, 1.54) is 0 Å². The first kappa shape index (κ1) is 19.9. The predicted molar refractivity (Wildman–Crippen MR) is 124 cm³/mol. The van der Waals surface area contributed by atoms with Crippen molar-refractivity contribution >= 4 is 45.3 Å². The van der Waals surface area contributed by atoms with E-state index in [2.05, 4.69) is 40.9 Å². The first-order chi connectivity index (χ1) is 14.5. The standard InChI is InChI=1S/C25H21ClN2O2/c1-16-11-20(12-17(2)25(16)26)30-15-24(29)28-27-14-23-21-9-5-3-7-18(21)13-19-8-4-6-10-22(19)23/h3-14H,15H2,1-2H3,(H,28,29)/b27-14-. The highest BCUT2D eigenvalue weighted by atomic mass is 35.5. The van der Waals surface area contributed by atoms with E-state index >= 15 is 0 Å². The number of carbonyl (C=O) groups is 1. The van der Waals surface area contributed by atoms with Gasteiger partial charge in [-0.3, -0.25) is 4.79 Å². The number of hydrogen-bond donors (Lipinski definition) is 1. The molecule has 0 aliphatic heterocycles. The van der Waals surface area contributed by atoms with Crippen LogP contribution >= 0.6 is 11.6 Å². The lowest BCUT2D eigenvalue weighted by Gasteiger charge is -2.09. The van der Waals surface area contributed by atoms with Crippen molar-refractivity contribution in [3.05, 3.63) is 88.4 Å². The van der Waals surface area contributed by atoms with Crippen LogP contribution in [-0.4, -0.2) is 18.7 Å². The summed E-state index contributed by atoms with van der Waals surface area (Å²) < 4.78 is 5.58. The molecule has 0 fully saturated rings. The van der Waals surface area contributed by atoms with Crippen LogP contribution in [0.3, 0.4) is 0 Å². The molecule has 0 unspecified atom stereocenters. The van der Waals surface area contributed by atoms with E-state index < -0.39 is 0 Å². The molecule has 4 rings (SSSR count). The van der Waals surface area contributed by atoms with Gasteiger partial charge < -0.3 is 4.74 Å². The van der Waals surface area contributed by atoms with Gasteiger partial charge in [0.15, 0.2) is 6.61 Å². The SMILES string of the molecule is Cc1cc(OCC(=O)N/N=C\c2c3ccccc3cc3ccccc23)cc(C)c1Cl. The van der Waals surface area contributed by atoms with Crippen molar-refractivity contribution in [2.24, 2.45) is 5.10 Å². The van der Waals surface area contributed by atoms with Gasteiger partial charge in [-0.25, -0.2) is 5.43 Å². The van der Waals surface area contributed by atoms with Crippen LogP contribution in [0.4, 0.5) is 0 Å². The van der Waals surface area contributed by atoms with Crippen molar-refractivity contribution in [3.8, 4) is 5.75 Å². The molecule has 0 aromatic heterocycles. The summed E-state index contributed by atoms with van der Waals surface area (Å²) in [5, 5.41) is 9.30. The fraction of sp³-hybridized carbons (Fsp3) is 0.120. The molecule has 30 heavy (non-hydrogen) atoms. The highest BCUT2D eigenvalue weighted by Crippen LogP contribution is 2.27. The van der Waals surface area contributed by atoms with Gasteiger partial charge in [0.1, 0.15) is 5.75 Å². The van der Waals surface area contributed by atoms with E-state index in [1.807, 2.05) is 50.2 Å². The number of benzene rings is 4. The molecule has 1 amide bonds. The Hall–Kier alpha value is -3.37. The topological polar surface area (TPSA) is 50.7 Å². The van der Waals surface area contributed by atoms with E-state index in [4.69, 9.17) is 16.3 Å². The van der Waals surface area contributed by atoms with Crippen molar-refractivity contribution in [2.75, 3.05) is 6.61 Å². The Balaban J connectivity index is 1.50. The van der Waals surface area contributed by atoms with E-state index in [-0.39, 0.29) is 12.5 Å². The summed E-state index contributed by atoms with van der Waals surface area (Å²) in [4.78, 5) is 12.2. The zero-order valence-electron chi connectivity index (χ0n) is 16.8. The minimum absolute atomic E-state index is 0.131. The number of rotatable bonds is 5. The van der Waals surface area contributed by atoms with Crippen LogP contribution in [-0.2, 0) is 4.79 Å². The van der Waals surface area contributed by atoms with Gasteiger partial charge in [-0.15, -0.1) is 0 Å². The average molecular weight is 417 g/mol. The molecular weight excluding hydrogens is 396 g/mol. The second-order valence-corrected chi connectivity index (χ2v) is 7.56. The highest BCUT2D eigenvalue weighted by molar-refractivity contribution is 6.32. The molecular formula is C25H21ClN2O2. The quantitative estimate of drug-likeness (QED) is 0.254. The number of fused-ring (bicyclic) bond motifs is 2. The maximum absolute atomic E-state index is 12.2. The molecule has 5 heteroatoms. The molecule has 0 heterocycles.